The number of allylic oxidation sites excluding steroid dienone is 1. The Morgan fingerprint density at radius 1 is 1.25 bits per heavy atom. The molecule has 0 atom stereocenters. The normalized spacial score (nSPS) is 19.6. The third-order valence-corrected chi connectivity index (χ3v) is 4.65. The van der Waals surface area contributed by atoms with Gasteiger partial charge in [0.15, 0.2) is 0 Å². The van der Waals surface area contributed by atoms with Gasteiger partial charge in [-0.05, 0) is 65.7 Å². The third-order valence-electron chi connectivity index (χ3n) is 4.65. The van der Waals surface area contributed by atoms with Gasteiger partial charge in [0.2, 0.25) is 5.91 Å². The number of amides is 2. The molecule has 1 fully saturated rings. The third kappa shape index (κ3) is 6.17. The Balaban J connectivity index is 1.67. The lowest BCUT2D eigenvalue weighted by molar-refractivity contribution is -0.126. The van der Waals surface area contributed by atoms with Crippen LogP contribution in [0.5, 0.6) is 0 Å². The van der Waals surface area contributed by atoms with Gasteiger partial charge in [0, 0.05) is 25.6 Å². The molecule has 0 bridgehead atoms. The molecule has 2 amide bonds. The van der Waals surface area contributed by atoms with Crippen LogP contribution < -0.4 is 5.32 Å². The number of nitrogens with one attached hydrogen (secondary N) is 1. The highest BCUT2D eigenvalue weighted by Crippen LogP contribution is 2.21. The maximum absolute atomic E-state index is 12.3. The average molecular weight is 336 g/mol. The molecule has 0 spiro atoms. The van der Waals surface area contributed by atoms with Gasteiger partial charge >= 0.3 is 6.09 Å². The van der Waals surface area contributed by atoms with Crippen molar-refractivity contribution in [2.24, 2.45) is 5.92 Å². The van der Waals surface area contributed by atoms with Crippen LogP contribution in [0.2, 0.25) is 0 Å². The first kappa shape index (κ1) is 18.8. The molecule has 1 heterocycles. The molecule has 1 saturated heterocycles. The fourth-order valence-electron chi connectivity index (χ4n) is 3.27. The zero-order valence-electron chi connectivity index (χ0n) is 15.4. The molecule has 136 valence electrons. The highest BCUT2D eigenvalue weighted by Gasteiger charge is 2.29. The molecule has 0 unspecified atom stereocenters. The molecule has 0 aromatic rings. The van der Waals surface area contributed by atoms with Gasteiger partial charge in [0.1, 0.15) is 5.60 Å². The molecule has 0 saturated carbocycles. The minimum Gasteiger partial charge on any atom is -0.444 e. The van der Waals surface area contributed by atoms with E-state index in [9.17, 15) is 9.59 Å². The van der Waals surface area contributed by atoms with Gasteiger partial charge in [-0.15, -0.1) is 0 Å². The minimum absolute atomic E-state index is 0.0176. The van der Waals surface area contributed by atoms with Gasteiger partial charge in [-0.2, -0.15) is 0 Å². The Hall–Kier alpha value is -1.52. The van der Waals surface area contributed by atoms with Crippen molar-refractivity contribution in [2.45, 2.75) is 71.3 Å². The van der Waals surface area contributed by atoms with E-state index in [-0.39, 0.29) is 17.9 Å². The molecule has 0 aromatic heterocycles. The number of carbonyl (C=O) groups is 2. The van der Waals surface area contributed by atoms with Crippen LogP contribution in [0.15, 0.2) is 11.6 Å². The van der Waals surface area contributed by atoms with E-state index in [4.69, 9.17) is 4.74 Å². The largest absolute Gasteiger partial charge is 0.444 e. The quantitative estimate of drug-likeness (QED) is 0.797. The van der Waals surface area contributed by atoms with Crippen LogP contribution in [0.3, 0.4) is 0 Å². The van der Waals surface area contributed by atoms with E-state index in [1.54, 1.807) is 4.90 Å². The molecule has 24 heavy (non-hydrogen) atoms. The van der Waals surface area contributed by atoms with Crippen LogP contribution in [0.25, 0.3) is 0 Å². The van der Waals surface area contributed by atoms with E-state index in [1.165, 1.54) is 31.3 Å². The van der Waals surface area contributed by atoms with Gasteiger partial charge in [-0.25, -0.2) is 4.79 Å². The number of ether oxygens (including phenoxy) is 1. The Bertz CT molecular complexity index is 471. The van der Waals surface area contributed by atoms with E-state index < -0.39 is 5.60 Å². The van der Waals surface area contributed by atoms with Crippen molar-refractivity contribution in [3.63, 3.8) is 0 Å². The fourth-order valence-corrected chi connectivity index (χ4v) is 3.27. The number of hydrogen-bond donors (Lipinski definition) is 1. The van der Waals surface area contributed by atoms with Crippen molar-refractivity contribution >= 4 is 12.0 Å². The van der Waals surface area contributed by atoms with E-state index >= 15 is 0 Å². The van der Waals surface area contributed by atoms with Crippen LogP contribution in [-0.2, 0) is 9.53 Å². The Morgan fingerprint density at radius 2 is 1.96 bits per heavy atom. The Morgan fingerprint density at radius 3 is 2.54 bits per heavy atom. The van der Waals surface area contributed by atoms with Crippen molar-refractivity contribution in [1.29, 1.82) is 0 Å². The molecule has 1 N–H and O–H groups in total. The summed E-state index contributed by atoms with van der Waals surface area (Å²) >= 11 is 0. The van der Waals surface area contributed by atoms with Crippen LogP contribution in [0.1, 0.15) is 65.7 Å². The summed E-state index contributed by atoms with van der Waals surface area (Å²) in [5.41, 5.74) is 1.01. The highest BCUT2D eigenvalue weighted by molar-refractivity contribution is 5.79. The zero-order chi connectivity index (χ0) is 17.6. The molecule has 1 aliphatic heterocycles. The lowest BCUT2D eigenvalue weighted by atomic mass is 9.95. The van der Waals surface area contributed by atoms with E-state index in [1.807, 2.05) is 20.8 Å². The second-order valence-corrected chi connectivity index (χ2v) is 7.89. The van der Waals surface area contributed by atoms with Gasteiger partial charge in [0.05, 0.1) is 0 Å². The first-order valence-electron chi connectivity index (χ1n) is 9.29. The molecule has 5 nitrogen and oxygen atoms in total. The molecular weight excluding hydrogens is 304 g/mol. The monoisotopic (exact) mass is 336 g/mol. The molecule has 5 heteroatoms. The summed E-state index contributed by atoms with van der Waals surface area (Å²) in [6.45, 7) is 7.53. The van der Waals surface area contributed by atoms with E-state index in [0.717, 1.165) is 13.0 Å². The minimum atomic E-state index is -0.473. The fraction of sp³-hybridized carbons (Fsp3) is 0.789. The molecule has 0 radical (unpaired) electrons. The van der Waals surface area contributed by atoms with E-state index in [2.05, 4.69) is 11.4 Å². The summed E-state index contributed by atoms with van der Waals surface area (Å²) in [5, 5.41) is 3.07. The summed E-state index contributed by atoms with van der Waals surface area (Å²) in [5.74, 6) is 0.152. The van der Waals surface area contributed by atoms with E-state index in [0.29, 0.717) is 25.9 Å². The lowest BCUT2D eigenvalue weighted by Gasteiger charge is -2.33. The van der Waals surface area contributed by atoms with Gasteiger partial charge in [-0.1, -0.05) is 11.6 Å². The second-order valence-electron chi connectivity index (χ2n) is 7.89. The van der Waals surface area contributed by atoms with Crippen LogP contribution in [0, 0.1) is 5.92 Å². The SMILES string of the molecule is CC(C)(C)OC(=O)N1CCC(C(=O)NCCC2=CCCCC2)CC1. The molecule has 2 aliphatic rings. The molecular formula is C19H32N2O3. The summed E-state index contributed by atoms with van der Waals surface area (Å²) in [4.78, 5) is 26.0. The lowest BCUT2D eigenvalue weighted by Crippen LogP contribution is -2.45. The van der Waals surface area contributed by atoms with Crippen molar-refractivity contribution in [3.05, 3.63) is 11.6 Å². The van der Waals surface area contributed by atoms with Crippen molar-refractivity contribution in [3.8, 4) is 0 Å². The highest BCUT2D eigenvalue weighted by atomic mass is 16.6. The van der Waals surface area contributed by atoms with Crippen LogP contribution >= 0.6 is 0 Å². The Kier molecular flexibility index (Phi) is 6.69. The number of hydrogen-bond acceptors (Lipinski definition) is 3. The number of likely N-dealkylation sites (tertiary alicyclic amines) is 1. The number of nitrogens with zero attached hydrogens (tertiary/aromatic N) is 1. The Labute approximate surface area is 145 Å². The molecule has 2 rings (SSSR count). The number of rotatable bonds is 4. The summed E-state index contributed by atoms with van der Waals surface area (Å²) in [6.07, 6.45) is 9.41. The number of carbonyl (C=O) groups excluding carboxylic acids is 2. The predicted octanol–water partition coefficient (Wildman–Crippen LogP) is 3.64. The smallest absolute Gasteiger partial charge is 0.410 e. The van der Waals surface area contributed by atoms with Crippen molar-refractivity contribution < 1.29 is 14.3 Å². The molecule has 0 aromatic carbocycles. The maximum Gasteiger partial charge on any atom is 0.410 e. The van der Waals surface area contributed by atoms with Crippen molar-refractivity contribution in [1.82, 2.24) is 10.2 Å². The average Bonchev–Trinajstić information content (AvgIpc) is 2.54. The first-order chi connectivity index (χ1) is 11.3. The van der Waals surface area contributed by atoms with Crippen LogP contribution in [-0.4, -0.2) is 42.1 Å². The molecule has 1 aliphatic carbocycles. The van der Waals surface area contributed by atoms with Crippen LogP contribution in [0.4, 0.5) is 4.79 Å². The maximum atomic E-state index is 12.3. The van der Waals surface area contributed by atoms with Gasteiger partial charge < -0.3 is 15.0 Å². The zero-order valence-corrected chi connectivity index (χ0v) is 15.4. The first-order valence-corrected chi connectivity index (χ1v) is 9.29. The standard InChI is InChI=1S/C19H32N2O3/c1-19(2,3)24-18(23)21-13-10-16(11-14-21)17(22)20-12-9-15-7-5-4-6-8-15/h7,16H,4-6,8-14H2,1-3H3,(H,20,22). The topological polar surface area (TPSA) is 58.6 Å². The van der Waals surface area contributed by atoms with Crippen molar-refractivity contribution in [2.75, 3.05) is 19.6 Å². The predicted molar refractivity (Wildman–Crippen MR) is 94.7 cm³/mol. The van der Waals surface area contributed by atoms with Gasteiger partial charge in [0.25, 0.3) is 0 Å². The summed E-state index contributed by atoms with van der Waals surface area (Å²) in [6, 6.07) is 0. The second kappa shape index (κ2) is 8.54. The number of piperidine rings is 1. The summed E-state index contributed by atoms with van der Waals surface area (Å²) < 4.78 is 5.39. The van der Waals surface area contributed by atoms with Gasteiger partial charge in [-0.3, -0.25) is 4.79 Å². The summed E-state index contributed by atoms with van der Waals surface area (Å²) in [7, 11) is 0.